The Balaban J connectivity index is 2.00. The standard InChI is InChI=1S/C19H30N2O2/c1-13-8-6-9-14(2)17(13)20-15-10-7-11-16(12-15)21-18(22)23-19(3,4)5/h7,10-14,17,20H,6,8-9H2,1-5H3,(H,21,22). The summed E-state index contributed by atoms with van der Waals surface area (Å²) in [5.74, 6) is 1.34. The van der Waals surface area contributed by atoms with Crippen molar-refractivity contribution < 1.29 is 9.53 Å². The Morgan fingerprint density at radius 1 is 1.13 bits per heavy atom. The average molecular weight is 318 g/mol. The number of amides is 1. The van der Waals surface area contributed by atoms with E-state index in [-0.39, 0.29) is 0 Å². The van der Waals surface area contributed by atoms with Crippen molar-refractivity contribution in [3.05, 3.63) is 24.3 Å². The van der Waals surface area contributed by atoms with Crippen LogP contribution in [-0.4, -0.2) is 17.7 Å². The summed E-state index contributed by atoms with van der Waals surface area (Å²) in [5.41, 5.74) is 1.30. The molecule has 1 aliphatic rings. The number of benzene rings is 1. The third kappa shape index (κ3) is 5.45. The van der Waals surface area contributed by atoms with Gasteiger partial charge >= 0.3 is 6.09 Å². The molecule has 1 amide bonds. The molecule has 2 rings (SSSR count). The number of carbonyl (C=O) groups is 1. The van der Waals surface area contributed by atoms with E-state index in [4.69, 9.17) is 4.74 Å². The van der Waals surface area contributed by atoms with Crippen LogP contribution in [0.1, 0.15) is 53.9 Å². The molecule has 0 saturated heterocycles. The molecule has 0 aliphatic heterocycles. The molecule has 1 fully saturated rings. The first-order chi connectivity index (χ1) is 10.7. The maximum atomic E-state index is 11.9. The highest BCUT2D eigenvalue weighted by molar-refractivity contribution is 5.85. The summed E-state index contributed by atoms with van der Waals surface area (Å²) in [5, 5.41) is 6.45. The highest BCUT2D eigenvalue weighted by Gasteiger charge is 2.27. The van der Waals surface area contributed by atoms with Crippen LogP contribution in [0.3, 0.4) is 0 Å². The van der Waals surface area contributed by atoms with Crippen molar-refractivity contribution in [2.45, 2.75) is 65.5 Å². The molecular weight excluding hydrogens is 288 g/mol. The van der Waals surface area contributed by atoms with Crippen LogP contribution in [-0.2, 0) is 4.74 Å². The van der Waals surface area contributed by atoms with Gasteiger partial charge in [-0.25, -0.2) is 4.79 Å². The van der Waals surface area contributed by atoms with Gasteiger partial charge in [0.15, 0.2) is 0 Å². The Morgan fingerprint density at radius 2 is 1.74 bits per heavy atom. The summed E-state index contributed by atoms with van der Waals surface area (Å²) < 4.78 is 5.30. The fourth-order valence-corrected chi connectivity index (χ4v) is 3.27. The Hall–Kier alpha value is -1.71. The number of carbonyl (C=O) groups excluding carboxylic acids is 1. The largest absolute Gasteiger partial charge is 0.444 e. The highest BCUT2D eigenvalue weighted by Crippen LogP contribution is 2.31. The van der Waals surface area contributed by atoms with Gasteiger partial charge in [0.25, 0.3) is 0 Å². The lowest BCUT2D eigenvalue weighted by atomic mass is 9.78. The van der Waals surface area contributed by atoms with E-state index >= 15 is 0 Å². The van der Waals surface area contributed by atoms with E-state index in [1.165, 1.54) is 19.3 Å². The highest BCUT2D eigenvalue weighted by atomic mass is 16.6. The molecule has 0 bridgehead atoms. The van der Waals surface area contributed by atoms with E-state index in [2.05, 4.69) is 24.5 Å². The Labute approximate surface area is 140 Å². The number of hydrogen-bond acceptors (Lipinski definition) is 3. The molecule has 2 N–H and O–H groups in total. The Kier molecular flexibility index (Phi) is 5.55. The normalized spacial score (nSPS) is 24.8. The maximum absolute atomic E-state index is 11.9. The molecule has 1 aromatic carbocycles. The number of anilines is 2. The van der Waals surface area contributed by atoms with Gasteiger partial charge in [-0.05, 0) is 63.6 Å². The van der Waals surface area contributed by atoms with Gasteiger partial charge in [-0.3, -0.25) is 5.32 Å². The van der Waals surface area contributed by atoms with Gasteiger partial charge < -0.3 is 10.1 Å². The molecule has 0 spiro atoms. The average Bonchev–Trinajstić information content (AvgIpc) is 2.41. The summed E-state index contributed by atoms with van der Waals surface area (Å²) in [6.07, 6.45) is 3.45. The van der Waals surface area contributed by atoms with Crippen LogP contribution in [0.4, 0.5) is 16.2 Å². The number of hydrogen-bond donors (Lipinski definition) is 2. The lowest BCUT2D eigenvalue weighted by molar-refractivity contribution is 0.0636. The van der Waals surface area contributed by atoms with Crippen LogP contribution < -0.4 is 10.6 Å². The zero-order valence-corrected chi connectivity index (χ0v) is 15.0. The minimum atomic E-state index is -0.493. The maximum Gasteiger partial charge on any atom is 0.412 e. The van der Waals surface area contributed by atoms with Crippen molar-refractivity contribution in [1.29, 1.82) is 0 Å². The summed E-state index contributed by atoms with van der Waals surface area (Å²) >= 11 is 0. The van der Waals surface area contributed by atoms with Crippen LogP contribution in [0.5, 0.6) is 0 Å². The van der Waals surface area contributed by atoms with Crippen LogP contribution in [0, 0.1) is 11.8 Å². The first-order valence-electron chi connectivity index (χ1n) is 8.61. The van der Waals surface area contributed by atoms with Gasteiger partial charge in [0.2, 0.25) is 0 Å². The van der Waals surface area contributed by atoms with Gasteiger partial charge in [-0.2, -0.15) is 0 Å². The molecule has 4 heteroatoms. The molecule has 128 valence electrons. The van der Waals surface area contributed by atoms with Gasteiger partial charge in [0.05, 0.1) is 0 Å². The van der Waals surface area contributed by atoms with Gasteiger partial charge in [-0.15, -0.1) is 0 Å². The van der Waals surface area contributed by atoms with Crippen molar-refractivity contribution >= 4 is 17.5 Å². The number of nitrogens with one attached hydrogen (secondary N) is 2. The van der Waals surface area contributed by atoms with Crippen LogP contribution >= 0.6 is 0 Å². The second kappa shape index (κ2) is 7.24. The van der Waals surface area contributed by atoms with Gasteiger partial charge in [-0.1, -0.05) is 26.3 Å². The number of rotatable bonds is 3. The van der Waals surface area contributed by atoms with Crippen LogP contribution in [0.15, 0.2) is 24.3 Å². The molecule has 4 nitrogen and oxygen atoms in total. The number of ether oxygens (including phenoxy) is 1. The SMILES string of the molecule is CC1CCCC(C)C1Nc1cccc(NC(=O)OC(C)(C)C)c1. The second-order valence-electron chi connectivity index (χ2n) is 7.76. The minimum Gasteiger partial charge on any atom is -0.444 e. The van der Waals surface area contributed by atoms with E-state index < -0.39 is 11.7 Å². The fourth-order valence-electron chi connectivity index (χ4n) is 3.27. The van der Waals surface area contributed by atoms with E-state index in [1.807, 2.05) is 45.0 Å². The van der Waals surface area contributed by atoms with Crippen LogP contribution in [0.25, 0.3) is 0 Å². The molecule has 1 aromatic rings. The molecule has 2 unspecified atom stereocenters. The van der Waals surface area contributed by atoms with Crippen LogP contribution in [0.2, 0.25) is 0 Å². The molecule has 0 heterocycles. The van der Waals surface area contributed by atoms with E-state index in [1.54, 1.807) is 0 Å². The van der Waals surface area contributed by atoms with E-state index in [9.17, 15) is 4.79 Å². The summed E-state index contributed by atoms with van der Waals surface area (Å²) in [7, 11) is 0. The molecular formula is C19H30N2O2. The first-order valence-corrected chi connectivity index (χ1v) is 8.61. The smallest absolute Gasteiger partial charge is 0.412 e. The van der Waals surface area contributed by atoms with E-state index in [0.29, 0.717) is 17.9 Å². The van der Waals surface area contributed by atoms with Gasteiger partial charge in [0, 0.05) is 17.4 Å². The Morgan fingerprint density at radius 3 is 2.35 bits per heavy atom. The zero-order valence-electron chi connectivity index (χ0n) is 15.0. The minimum absolute atomic E-state index is 0.422. The lowest BCUT2D eigenvalue weighted by Gasteiger charge is -2.36. The monoisotopic (exact) mass is 318 g/mol. The summed E-state index contributed by atoms with van der Waals surface area (Å²) in [4.78, 5) is 11.9. The molecule has 2 atom stereocenters. The molecule has 1 aliphatic carbocycles. The zero-order chi connectivity index (χ0) is 17.0. The van der Waals surface area contributed by atoms with E-state index in [0.717, 1.165) is 11.4 Å². The Bertz CT molecular complexity index is 526. The van der Waals surface area contributed by atoms with Gasteiger partial charge in [0.1, 0.15) is 5.60 Å². The predicted molar refractivity (Wildman–Crippen MR) is 95.9 cm³/mol. The van der Waals surface area contributed by atoms with Crippen molar-refractivity contribution in [1.82, 2.24) is 0 Å². The summed E-state index contributed by atoms with van der Waals surface area (Å²) in [6, 6.07) is 8.34. The van der Waals surface area contributed by atoms with Crippen molar-refractivity contribution in [3.8, 4) is 0 Å². The van der Waals surface area contributed by atoms with Crippen molar-refractivity contribution in [2.75, 3.05) is 10.6 Å². The molecule has 23 heavy (non-hydrogen) atoms. The summed E-state index contributed by atoms with van der Waals surface area (Å²) in [6.45, 7) is 10.2. The second-order valence-corrected chi connectivity index (χ2v) is 7.76. The quantitative estimate of drug-likeness (QED) is 0.798. The topological polar surface area (TPSA) is 50.4 Å². The predicted octanol–water partition coefficient (Wildman–Crippen LogP) is 5.27. The molecule has 0 radical (unpaired) electrons. The molecule has 1 saturated carbocycles. The first kappa shape index (κ1) is 17.6. The third-order valence-corrected chi connectivity index (χ3v) is 4.39. The molecule has 0 aromatic heterocycles. The fraction of sp³-hybridized carbons (Fsp3) is 0.632. The third-order valence-electron chi connectivity index (χ3n) is 4.39. The van der Waals surface area contributed by atoms with Crippen molar-refractivity contribution in [2.24, 2.45) is 11.8 Å². The lowest BCUT2D eigenvalue weighted by Crippen LogP contribution is -2.37. The van der Waals surface area contributed by atoms with Crippen molar-refractivity contribution in [3.63, 3.8) is 0 Å².